The molecule has 0 radical (unpaired) electrons. The van der Waals surface area contributed by atoms with Gasteiger partial charge in [0.25, 0.3) is 17.7 Å². The van der Waals surface area contributed by atoms with E-state index in [0.29, 0.717) is 24.1 Å². The number of carbonyl (C=O) groups is 6. The Balaban J connectivity index is 2.71. The minimum Gasteiger partial charge on any atom is -0.451 e. The number of benzene rings is 1. The third kappa shape index (κ3) is 8.76. The lowest BCUT2D eigenvalue weighted by Gasteiger charge is -2.36. The lowest BCUT2D eigenvalue weighted by molar-refractivity contribution is -0.177. The van der Waals surface area contributed by atoms with Gasteiger partial charge in [-0.3, -0.25) is 14.4 Å². The van der Waals surface area contributed by atoms with Crippen LogP contribution in [0.1, 0.15) is 66.9 Å². The van der Waals surface area contributed by atoms with Crippen molar-refractivity contribution in [2.24, 2.45) is 11.8 Å². The van der Waals surface area contributed by atoms with Crippen LogP contribution >= 0.6 is 0 Å². The van der Waals surface area contributed by atoms with Gasteiger partial charge in [0.2, 0.25) is 0 Å². The molecule has 1 aliphatic heterocycles. The number of esters is 3. The predicted octanol–water partition coefficient (Wildman–Crippen LogP) is 2.19. The molecule has 2 rings (SSSR count). The maximum Gasteiger partial charge on any atom is 0.329 e. The van der Waals surface area contributed by atoms with Gasteiger partial charge >= 0.3 is 17.9 Å². The molecule has 0 saturated carbocycles. The standard InChI is InChI=1S/C33H50N4O9/c1-11-18(3)26-32(42)45-21(6)28(38)35(8)20(5)31(41)44-22(7)29(39)36(9)27(19(4)12-2)33(43)46-25(30(40)37(26)10)17-23-15-13-14-16-24(23)34/h13-16,18-22,25-27H,11-12,17,34H2,1-10H3/t18-,19-,20-,21+,22+,25+,26-,27-/m0/s1. The third-order valence-corrected chi connectivity index (χ3v) is 8.92. The Morgan fingerprint density at radius 1 is 0.674 bits per heavy atom. The van der Waals surface area contributed by atoms with E-state index in [2.05, 4.69) is 0 Å². The number of anilines is 1. The summed E-state index contributed by atoms with van der Waals surface area (Å²) >= 11 is 0. The fourth-order valence-corrected chi connectivity index (χ4v) is 5.34. The number of nitrogen functional groups attached to an aromatic ring is 1. The van der Waals surface area contributed by atoms with E-state index in [1.165, 1.54) is 46.8 Å². The number of carbonyl (C=O) groups excluding carboxylic acids is 6. The van der Waals surface area contributed by atoms with Gasteiger partial charge in [-0.05, 0) is 44.2 Å². The molecule has 2 N–H and O–H groups in total. The molecule has 0 spiro atoms. The topological polar surface area (TPSA) is 166 Å². The van der Waals surface area contributed by atoms with Gasteiger partial charge in [-0.2, -0.15) is 0 Å². The smallest absolute Gasteiger partial charge is 0.329 e. The molecule has 13 nitrogen and oxygen atoms in total. The molecular weight excluding hydrogens is 596 g/mol. The Morgan fingerprint density at radius 2 is 1.11 bits per heavy atom. The van der Waals surface area contributed by atoms with Gasteiger partial charge in [-0.15, -0.1) is 0 Å². The summed E-state index contributed by atoms with van der Waals surface area (Å²) in [5, 5.41) is 0. The van der Waals surface area contributed by atoms with Crippen molar-refractivity contribution in [3.63, 3.8) is 0 Å². The van der Waals surface area contributed by atoms with Crippen molar-refractivity contribution in [1.29, 1.82) is 0 Å². The number of nitrogens with zero attached hydrogens (tertiary/aromatic N) is 3. The largest absolute Gasteiger partial charge is 0.451 e. The lowest BCUT2D eigenvalue weighted by atomic mass is 9.96. The van der Waals surface area contributed by atoms with Crippen LogP contribution in [0.3, 0.4) is 0 Å². The van der Waals surface area contributed by atoms with Gasteiger partial charge < -0.3 is 34.6 Å². The summed E-state index contributed by atoms with van der Waals surface area (Å²) in [6, 6.07) is 3.38. The average Bonchev–Trinajstić information content (AvgIpc) is 3.02. The first-order valence-corrected chi connectivity index (χ1v) is 15.7. The number of hydrogen-bond acceptors (Lipinski definition) is 10. The zero-order valence-electron chi connectivity index (χ0n) is 28.6. The molecule has 0 aromatic heterocycles. The van der Waals surface area contributed by atoms with Crippen LogP contribution in [0, 0.1) is 11.8 Å². The maximum absolute atomic E-state index is 14.2. The Morgan fingerprint density at radius 3 is 1.61 bits per heavy atom. The number of hydrogen-bond donors (Lipinski definition) is 1. The van der Waals surface area contributed by atoms with Crippen molar-refractivity contribution >= 4 is 41.3 Å². The maximum atomic E-state index is 14.2. The number of cyclic esters (lactones) is 3. The molecule has 8 atom stereocenters. The van der Waals surface area contributed by atoms with Gasteiger partial charge in [0.05, 0.1) is 0 Å². The fraction of sp³-hybridized carbons (Fsp3) is 0.636. The Hall–Kier alpha value is -4.16. The van der Waals surface area contributed by atoms with Crippen LogP contribution in [0.2, 0.25) is 0 Å². The molecule has 1 aromatic rings. The number of ether oxygens (including phenoxy) is 3. The van der Waals surface area contributed by atoms with Crippen LogP contribution in [0.15, 0.2) is 24.3 Å². The SMILES string of the molecule is CC[C@H](C)[C@H]1C(=O)O[C@H](Cc2ccccc2N)C(=O)N(C)[C@@H]([C@@H](C)CC)C(=O)O[C@H](C)C(=O)N(C)[C@@H](C)C(=O)O[C@H](C)C(=O)N1C. The number of para-hydroxylation sites is 1. The highest BCUT2D eigenvalue weighted by molar-refractivity contribution is 5.93. The second kappa shape index (κ2) is 16.4. The quantitative estimate of drug-likeness (QED) is 0.275. The number of likely N-dealkylation sites (N-methyl/N-ethyl adjacent to an activating group) is 3. The molecule has 3 amide bonds. The second-order valence-electron chi connectivity index (χ2n) is 12.2. The Kier molecular flexibility index (Phi) is 13.6. The van der Waals surface area contributed by atoms with Crippen molar-refractivity contribution < 1.29 is 43.0 Å². The minimum absolute atomic E-state index is 0.111. The highest BCUT2D eigenvalue weighted by Gasteiger charge is 2.42. The van der Waals surface area contributed by atoms with Crippen molar-refractivity contribution in [2.75, 3.05) is 26.9 Å². The van der Waals surface area contributed by atoms with Crippen LogP contribution < -0.4 is 5.73 Å². The molecule has 1 aliphatic rings. The van der Waals surface area contributed by atoms with Crippen molar-refractivity contribution in [1.82, 2.24) is 14.7 Å². The van der Waals surface area contributed by atoms with Crippen LogP contribution in [0.5, 0.6) is 0 Å². The van der Waals surface area contributed by atoms with Crippen LogP contribution in [0.4, 0.5) is 5.69 Å². The van der Waals surface area contributed by atoms with Gasteiger partial charge in [-0.1, -0.05) is 58.7 Å². The predicted molar refractivity (Wildman–Crippen MR) is 170 cm³/mol. The average molecular weight is 647 g/mol. The normalized spacial score (nSPS) is 27.7. The van der Waals surface area contributed by atoms with E-state index < -0.39 is 83.9 Å². The molecule has 0 unspecified atom stereocenters. The molecule has 1 heterocycles. The summed E-state index contributed by atoms with van der Waals surface area (Å²) in [7, 11) is 4.16. The van der Waals surface area contributed by atoms with E-state index in [9.17, 15) is 28.8 Å². The number of amides is 3. The molecular formula is C33H50N4O9. The molecule has 13 heteroatoms. The fourth-order valence-electron chi connectivity index (χ4n) is 5.34. The van der Waals surface area contributed by atoms with E-state index in [1.54, 1.807) is 38.1 Å². The van der Waals surface area contributed by atoms with E-state index in [1.807, 2.05) is 13.8 Å². The van der Waals surface area contributed by atoms with Crippen molar-refractivity contribution in [3.8, 4) is 0 Å². The molecule has 0 bridgehead atoms. The van der Waals surface area contributed by atoms with Crippen LogP contribution in [-0.2, 0) is 49.4 Å². The molecule has 1 aromatic carbocycles. The molecule has 256 valence electrons. The number of rotatable bonds is 6. The summed E-state index contributed by atoms with van der Waals surface area (Å²) in [5.74, 6) is -5.44. The Bertz CT molecular complexity index is 1280. The second-order valence-corrected chi connectivity index (χ2v) is 12.2. The van der Waals surface area contributed by atoms with E-state index in [-0.39, 0.29) is 6.42 Å². The molecule has 46 heavy (non-hydrogen) atoms. The van der Waals surface area contributed by atoms with E-state index in [0.717, 1.165) is 9.80 Å². The first-order valence-electron chi connectivity index (χ1n) is 15.7. The van der Waals surface area contributed by atoms with Gasteiger partial charge in [0, 0.05) is 33.3 Å². The summed E-state index contributed by atoms with van der Waals surface area (Å²) in [5.41, 5.74) is 7.09. The third-order valence-electron chi connectivity index (χ3n) is 8.92. The van der Waals surface area contributed by atoms with Gasteiger partial charge in [0.15, 0.2) is 18.3 Å². The van der Waals surface area contributed by atoms with Gasteiger partial charge in [0.1, 0.15) is 18.1 Å². The number of nitrogens with two attached hydrogens (primary N) is 1. The summed E-state index contributed by atoms with van der Waals surface area (Å²) in [6.45, 7) is 11.3. The molecule has 1 saturated heterocycles. The van der Waals surface area contributed by atoms with E-state index >= 15 is 0 Å². The zero-order chi connectivity index (χ0) is 35.0. The zero-order valence-corrected chi connectivity index (χ0v) is 28.6. The molecule has 1 fully saturated rings. The summed E-state index contributed by atoms with van der Waals surface area (Å²) < 4.78 is 16.9. The van der Waals surface area contributed by atoms with Crippen LogP contribution in [0.25, 0.3) is 0 Å². The minimum atomic E-state index is -1.43. The van der Waals surface area contributed by atoms with Crippen molar-refractivity contribution in [3.05, 3.63) is 29.8 Å². The summed E-state index contributed by atoms with van der Waals surface area (Å²) in [6.07, 6.45) is -3.24. The lowest BCUT2D eigenvalue weighted by Crippen LogP contribution is -2.56. The first kappa shape index (κ1) is 38.0. The first-order chi connectivity index (χ1) is 21.5. The van der Waals surface area contributed by atoms with E-state index in [4.69, 9.17) is 19.9 Å². The monoisotopic (exact) mass is 646 g/mol. The Labute approximate surface area is 271 Å². The van der Waals surface area contributed by atoms with Crippen LogP contribution in [-0.4, -0.2) is 108 Å². The van der Waals surface area contributed by atoms with Crippen molar-refractivity contribution in [2.45, 2.75) is 104 Å². The van der Waals surface area contributed by atoms with Gasteiger partial charge in [-0.25, -0.2) is 14.4 Å². The molecule has 0 aliphatic carbocycles. The summed E-state index contributed by atoms with van der Waals surface area (Å²) in [4.78, 5) is 84.8. The highest BCUT2D eigenvalue weighted by Crippen LogP contribution is 2.24. The highest BCUT2D eigenvalue weighted by atomic mass is 16.6.